The summed E-state index contributed by atoms with van der Waals surface area (Å²) < 4.78 is 6.87. The van der Waals surface area contributed by atoms with Gasteiger partial charge in [0.15, 0.2) is 5.82 Å². The number of halogens is 1. The summed E-state index contributed by atoms with van der Waals surface area (Å²) in [6.07, 6.45) is 1.89. The lowest BCUT2D eigenvalue weighted by atomic mass is 10.1. The summed E-state index contributed by atoms with van der Waals surface area (Å²) in [5.74, 6) is 1.48. The molecule has 0 aliphatic heterocycles. The minimum Gasteiger partial charge on any atom is -0.497 e. The number of aromatic nitrogens is 2. The molecule has 1 amide bonds. The third-order valence-corrected chi connectivity index (χ3v) is 4.49. The van der Waals surface area contributed by atoms with Crippen molar-refractivity contribution in [1.82, 2.24) is 15.1 Å². The molecule has 7 heteroatoms. The van der Waals surface area contributed by atoms with Crippen LogP contribution in [-0.2, 0) is 17.9 Å². The van der Waals surface area contributed by atoms with Crippen molar-refractivity contribution in [2.45, 2.75) is 13.1 Å². The summed E-state index contributed by atoms with van der Waals surface area (Å²) in [5, 5.41) is 8.12. The molecule has 0 unspecified atom stereocenters. The van der Waals surface area contributed by atoms with Crippen LogP contribution in [0.2, 0.25) is 5.02 Å². The third kappa shape index (κ3) is 4.84. The number of hydrogen-bond acceptors (Lipinski definition) is 4. The largest absolute Gasteiger partial charge is 0.497 e. The van der Waals surface area contributed by atoms with E-state index in [9.17, 15) is 4.79 Å². The van der Waals surface area contributed by atoms with Crippen molar-refractivity contribution in [3.8, 4) is 16.9 Å². The third-order valence-electron chi connectivity index (χ3n) is 4.25. The number of amides is 1. The average Bonchev–Trinajstić information content (AvgIpc) is 3.10. The molecule has 3 aromatic rings. The first kappa shape index (κ1) is 19.8. The fourth-order valence-corrected chi connectivity index (χ4v) is 3.06. The van der Waals surface area contributed by atoms with Crippen LogP contribution in [0.1, 0.15) is 5.56 Å². The Hall–Kier alpha value is -2.99. The number of carbonyl (C=O) groups excluding carboxylic acids is 1. The number of hydrogen-bond donors (Lipinski definition) is 1. The topological polar surface area (TPSA) is 59.4 Å². The standard InChI is InChI=1S/C21H23ClN4O2/c1-25(2)21-19(16-7-9-18(28-3)10-8-16)13-26(24-21)14-20(27)23-12-15-5-4-6-17(22)11-15/h4-11,13H,12,14H2,1-3H3,(H,23,27). The zero-order valence-corrected chi connectivity index (χ0v) is 16.9. The highest BCUT2D eigenvalue weighted by Crippen LogP contribution is 2.30. The number of benzene rings is 2. The molecule has 0 spiro atoms. The maximum absolute atomic E-state index is 12.3. The molecule has 0 radical (unpaired) electrons. The smallest absolute Gasteiger partial charge is 0.241 e. The Morgan fingerprint density at radius 2 is 1.96 bits per heavy atom. The summed E-state index contributed by atoms with van der Waals surface area (Å²) in [7, 11) is 5.50. The Morgan fingerprint density at radius 1 is 1.21 bits per heavy atom. The van der Waals surface area contributed by atoms with Gasteiger partial charge in [-0.1, -0.05) is 35.9 Å². The Kier molecular flexibility index (Phi) is 6.21. The minimum atomic E-state index is -0.117. The van der Waals surface area contributed by atoms with Crippen LogP contribution in [0.3, 0.4) is 0 Å². The van der Waals surface area contributed by atoms with E-state index in [-0.39, 0.29) is 12.5 Å². The van der Waals surface area contributed by atoms with Gasteiger partial charge in [0.25, 0.3) is 0 Å². The first-order chi connectivity index (χ1) is 13.5. The van der Waals surface area contributed by atoms with Crippen molar-refractivity contribution in [3.05, 3.63) is 65.3 Å². The summed E-state index contributed by atoms with van der Waals surface area (Å²) >= 11 is 5.98. The number of methoxy groups -OCH3 is 1. The monoisotopic (exact) mass is 398 g/mol. The number of ether oxygens (including phenoxy) is 1. The second-order valence-corrected chi connectivity index (χ2v) is 7.03. The molecule has 0 aliphatic rings. The van der Waals surface area contributed by atoms with E-state index in [4.69, 9.17) is 16.3 Å². The van der Waals surface area contributed by atoms with Gasteiger partial charge in [-0.25, -0.2) is 0 Å². The summed E-state index contributed by atoms with van der Waals surface area (Å²) in [6, 6.07) is 15.2. The lowest BCUT2D eigenvalue weighted by molar-refractivity contribution is -0.122. The number of anilines is 1. The molecule has 0 saturated carbocycles. The van der Waals surface area contributed by atoms with Crippen molar-refractivity contribution in [2.75, 3.05) is 26.1 Å². The van der Waals surface area contributed by atoms with Crippen LogP contribution in [0.4, 0.5) is 5.82 Å². The van der Waals surface area contributed by atoms with Gasteiger partial charge in [0, 0.05) is 37.4 Å². The van der Waals surface area contributed by atoms with E-state index in [0.29, 0.717) is 11.6 Å². The highest BCUT2D eigenvalue weighted by atomic mass is 35.5. The van der Waals surface area contributed by atoms with Crippen molar-refractivity contribution >= 4 is 23.3 Å². The van der Waals surface area contributed by atoms with Crippen LogP contribution >= 0.6 is 11.6 Å². The van der Waals surface area contributed by atoms with Gasteiger partial charge in [-0.2, -0.15) is 5.10 Å². The fourth-order valence-electron chi connectivity index (χ4n) is 2.85. The highest BCUT2D eigenvalue weighted by Gasteiger charge is 2.14. The highest BCUT2D eigenvalue weighted by molar-refractivity contribution is 6.30. The second-order valence-electron chi connectivity index (χ2n) is 6.59. The summed E-state index contributed by atoms with van der Waals surface area (Å²) in [6.45, 7) is 0.560. The van der Waals surface area contributed by atoms with Crippen LogP contribution in [0.5, 0.6) is 5.75 Å². The Labute approximate surface area is 169 Å². The molecule has 1 heterocycles. The zero-order valence-electron chi connectivity index (χ0n) is 16.1. The van der Waals surface area contributed by atoms with Gasteiger partial charge in [0.2, 0.25) is 5.91 Å². The van der Waals surface area contributed by atoms with Gasteiger partial charge in [-0.05, 0) is 35.4 Å². The molecule has 0 bridgehead atoms. The van der Waals surface area contributed by atoms with Gasteiger partial charge in [-0.15, -0.1) is 0 Å². The van der Waals surface area contributed by atoms with Crippen LogP contribution in [0.25, 0.3) is 11.1 Å². The van der Waals surface area contributed by atoms with E-state index < -0.39 is 0 Å². The van der Waals surface area contributed by atoms with Gasteiger partial charge in [0.1, 0.15) is 12.3 Å². The van der Waals surface area contributed by atoms with Crippen molar-refractivity contribution in [3.63, 3.8) is 0 Å². The quantitative estimate of drug-likeness (QED) is 0.660. The molecule has 1 N–H and O–H groups in total. The average molecular weight is 399 g/mol. The van der Waals surface area contributed by atoms with Crippen LogP contribution < -0.4 is 15.0 Å². The summed E-state index contributed by atoms with van der Waals surface area (Å²) in [5.41, 5.74) is 2.92. The molecular formula is C21H23ClN4O2. The van der Waals surface area contributed by atoms with E-state index in [1.54, 1.807) is 17.9 Å². The molecule has 28 heavy (non-hydrogen) atoms. The Bertz CT molecular complexity index is 951. The lowest BCUT2D eigenvalue weighted by Crippen LogP contribution is -2.27. The summed E-state index contributed by atoms with van der Waals surface area (Å²) in [4.78, 5) is 14.3. The molecule has 2 aromatic carbocycles. The molecule has 1 aromatic heterocycles. The maximum atomic E-state index is 12.3. The molecule has 0 atom stereocenters. The molecular weight excluding hydrogens is 376 g/mol. The van der Waals surface area contributed by atoms with Crippen LogP contribution in [0, 0.1) is 0 Å². The first-order valence-electron chi connectivity index (χ1n) is 8.86. The van der Waals surface area contributed by atoms with Crippen molar-refractivity contribution < 1.29 is 9.53 Å². The number of rotatable bonds is 7. The van der Waals surface area contributed by atoms with Crippen molar-refractivity contribution in [2.24, 2.45) is 0 Å². The van der Waals surface area contributed by atoms with E-state index >= 15 is 0 Å². The lowest BCUT2D eigenvalue weighted by Gasteiger charge is -2.11. The molecule has 6 nitrogen and oxygen atoms in total. The number of nitrogens with one attached hydrogen (secondary N) is 1. The van der Waals surface area contributed by atoms with Gasteiger partial charge < -0.3 is 15.0 Å². The Morgan fingerprint density at radius 3 is 2.61 bits per heavy atom. The van der Waals surface area contributed by atoms with Crippen LogP contribution in [0.15, 0.2) is 54.7 Å². The Balaban J connectivity index is 1.72. The van der Waals surface area contributed by atoms with Crippen LogP contribution in [-0.4, -0.2) is 36.9 Å². The molecule has 0 aliphatic carbocycles. The second kappa shape index (κ2) is 8.80. The number of carbonyl (C=O) groups is 1. The van der Waals surface area contributed by atoms with Crippen molar-refractivity contribution in [1.29, 1.82) is 0 Å². The van der Waals surface area contributed by atoms with Gasteiger partial charge in [-0.3, -0.25) is 9.48 Å². The van der Waals surface area contributed by atoms with E-state index in [2.05, 4.69) is 10.4 Å². The maximum Gasteiger partial charge on any atom is 0.241 e. The first-order valence-corrected chi connectivity index (χ1v) is 9.24. The minimum absolute atomic E-state index is 0.117. The van der Waals surface area contributed by atoms with Gasteiger partial charge in [0.05, 0.1) is 7.11 Å². The predicted octanol–water partition coefficient (Wildman–Crippen LogP) is 3.59. The molecule has 0 saturated heterocycles. The van der Waals surface area contributed by atoms with E-state index in [1.807, 2.05) is 67.7 Å². The molecule has 146 valence electrons. The fraction of sp³-hybridized carbons (Fsp3) is 0.238. The normalized spacial score (nSPS) is 10.6. The SMILES string of the molecule is COc1ccc(-c2cn(CC(=O)NCc3cccc(Cl)c3)nc2N(C)C)cc1. The molecule has 0 fully saturated rings. The number of nitrogens with zero attached hydrogens (tertiary/aromatic N) is 3. The van der Waals surface area contributed by atoms with Gasteiger partial charge >= 0.3 is 0 Å². The van der Waals surface area contributed by atoms with E-state index in [0.717, 1.165) is 28.3 Å². The predicted molar refractivity (Wildman–Crippen MR) is 112 cm³/mol. The zero-order chi connectivity index (χ0) is 20.1. The van der Waals surface area contributed by atoms with E-state index in [1.165, 1.54) is 0 Å². The molecule has 3 rings (SSSR count).